The van der Waals surface area contributed by atoms with Gasteiger partial charge in [0.2, 0.25) is 11.8 Å². The summed E-state index contributed by atoms with van der Waals surface area (Å²) >= 11 is 0. The third-order valence-corrected chi connectivity index (χ3v) is 4.58. The number of hydrogen-bond acceptors (Lipinski definition) is 4. The molecule has 9 heteroatoms. The first-order valence-electron chi connectivity index (χ1n) is 9.21. The highest BCUT2D eigenvalue weighted by Gasteiger charge is 2.29. The highest BCUT2D eigenvalue weighted by atomic mass is 19.4. The molecule has 31 heavy (non-hydrogen) atoms. The average molecular weight is 434 g/mol. The van der Waals surface area contributed by atoms with Crippen LogP contribution in [0.3, 0.4) is 0 Å². The van der Waals surface area contributed by atoms with Gasteiger partial charge in [-0.15, -0.1) is 0 Å². The highest BCUT2D eigenvalue weighted by molar-refractivity contribution is 5.95. The molecule has 4 nitrogen and oxygen atoms in total. The molecule has 1 aliphatic heterocycles. The molecule has 1 atom stereocenters. The van der Waals surface area contributed by atoms with Gasteiger partial charge in [-0.1, -0.05) is 30.3 Å². The van der Waals surface area contributed by atoms with Gasteiger partial charge >= 0.3 is 6.18 Å². The number of hydrogen-bond donors (Lipinski definition) is 0. The summed E-state index contributed by atoms with van der Waals surface area (Å²) in [5.74, 6) is -1.69. The maximum Gasteiger partial charge on any atom is 0.422 e. The zero-order valence-corrected chi connectivity index (χ0v) is 15.9. The fraction of sp³-hybridized carbons (Fsp3) is 0.182. The smallest absolute Gasteiger partial charge is 0.422 e. The lowest BCUT2D eigenvalue weighted by Gasteiger charge is -2.09. The quantitative estimate of drug-likeness (QED) is 0.499. The van der Waals surface area contributed by atoms with E-state index in [-0.39, 0.29) is 23.9 Å². The Bertz CT molecular complexity index is 1080. The van der Waals surface area contributed by atoms with Gasteiger partial charge in [-0.05, 0) is 29.3 Å². The molecule has 2 heterocycles. The third kappa shape index (κ3) is 4.82. The number of aromatic nitrogens is 1. The molecule has 1 unspecified atom stereocenters. The zero-order valence-electron chi connectivity index (χ0n) is 15.9. The summed E-state index contributed by atoms with van der Waals surface area (Å²) in [5, 5.41) is 0. The Labute approximate surface area is 174 Å². The van der Waals surface area contributed by atoms with Crippen LogP contribution in [-0.4, -0.2) is 30.3 Å². The second-order valence-corrected chi connectivity index (χ2v) is 6.77. The van der Waals surface area contributed by atoms with Crippen molar-refractivity contribution < 1.29 is 31.4 Å². The summed E-state index contributed by atoms with van der Waals surface area (Å²) in [6.45, 7) is -1.26. The average Bonchev–Trinajstić information content (AvgIpc) is 3.22. The monoisotopic (exact) mass is 434 g/mol. The van der Waals surface area contributed by atoms with Crippen molar-refractivity contribution in [2.75, 3.05) is 13.2 Å². The van der Waals surface area contributed by atoms with Gasteiger partial charge in [-0.2, -0.15) is 13.2 Å². The van der Waals surface area contributed by atoms with Gasteiger partial charge in [0, 0.05) is 17.8 Å². The molecule has 0 aliphatic carbocycles. The van der Waals surface area contributed by atoms with Gasteiger partial charge in [0.1, 0.15) is 29.8 Å². The molecule has 1 aromatic heterocycles. The van der Waals surface area contributed by atoms with E-state index in [9.17, 15) is 22.0 Å². The Hall–Kier alpha value is -3.49. The van der Waals surface area contributed by atoms with Crippen molar-refractivity contribution in [2.24, 2.45) is 4.99 Å². The molecule has 0 bridgehead atoms. The van der Waals surface area contributed by atoms with Gasteiger partial charge in [-0.3, -0.25) is 0 Å². The number of benzene rings is 2. The lowest BCUT2D eigenvalue weighted by molar-refractivity contribution is -0.154. The first kappa shape index (κ1) is 20.8. The van der Waals surface area contributed by atoms with Crippen molar-refractivity contribution in [1.82, 2.24) is 4.98 Å². The summed E-state index contributed by atoms with van der Waals surface area (Å²) in [6.07, 6.45) is -3.02. The number of halogens is 5. The molecule has 0 spiro atoms. The summed E-state index contributed by atoms with van der Waals surface area (Å²) in [7, 11) is 0. The summed E-state index contributed by atoms with van der Waals surface area (Å²) in [4.78, 5) is 8.18. The number of ether oxygens (including phenoxy) is 2. The van der Waals surface area contributed by atoms with Crippen LogP contribution in [0.5, 0.6) is 5.88 Å². The van der Waals surface area contributed by atoms with Crippen molar-refractivity contribution in [3.05, 3.63) is 83.6 Å². The topological polar surface area (TPSA) is 43.7 Å². The molecule has 0 amide bonds. The van der Waals surface area contributed by atoms with Crippen LogP contribution in [0.15, 0.2) is 65.8 Å². The first-order chi connectivity index (χ1) is 14.8. The van der Waals surface area contributed by atoms with Crippen molar-refractivity contribution in [1.29, 1.82) is 0 Å². The molecule has 0 N–H and O–H groups in total. The molecule has 0 radical (unpaired) electrons. The van der Waals surface area contributed by atoms with Crippen LogP contribution in [0.1, 0.15) is 17.2 Å². The van der Waals surface area contributed by atoms with E-state index in [1.807, 2.05) is 0 Å². The first-order valence-corrected chi connectivity index (χ1v) is 9.21. The molecular weight excluding hydrogens is 419 g/mol. The van der Waals surface area contributed by atoms with E-state index >= 15 is 0 Å². The van der Waals surface area contributed by atoms with Gasteiger partial charge in [0.25, 0.3) is 0 Å². The number of nitrogens with zero attached hydrogens (tertiary/aromatic N) is 2. The Morgan fingerprint density at radius 3 is 2.23 bits per heavy atom. The van der Waals surface area contributed by atoms with Gasteiger partial charge in [0.05, 0.1) is 0 Å². The van der Waals surface area contributed by atoms with Crippen molar-refractivity contribution >= 4 is 5.90 Å². The Balaban J connectivity index is 1.47. The third-order valence-electron chi connectivity index (χ3n) is 4.58. The molecule has 1 aliphatic rings. The lowest BCUT2D eigenvalue weighted by Crippen LogP contribution is -2.19. The second kappa shape index (κ2) is 8.33. The lowest BCUT2D eigenvalue weighted by atomic mass is 10.0. The minimum absolute atomic E-state index is 0.0803. The number of pyridine rings is 1. The largest absolute Gasteiger partial charge is 0.475 e. The number of alkyl halides is 3. The standard InChI is InChI=1S/C22H15F5N2O2/c23-16-2-1-3-17(24)20(16)21-29-18(11-30-21)14-6-4-13(5-7-14)15-8-9-19(28-10-15)31-12-22(25,26)27/h1-10,18H,11-12H2. The van der Waals surface area contributed by atoms with Crippen molar-refractivity contribution in [3.8, 4) is 17.0 Å². The van der Waals surface area contributed by atoms with Crippen LogP contribution in [0.2, 0.25) is 0 Å². The molecule has 0 fully saturated rings. The van der Waals surface area contributed by atoms with Gasteiger partial charge in [0.15, 0.2) is 6.61 Å². The highest BCUT2D eigenvalue weighted by Crippen LogP contribution is 2.29. The number of aliphatic imine (C=N–C) groups is 1. The Kier molecular flexibility index (Phi) is 5.58. The van der Waals surface area contributed by atoms with E-state index in [4.69, 9.17) is 4.74 Å². The molecular formula is C22H15F5N2O2. The van der Waals surface area contributed by atoms with Crippen LogP contribution < -0.4 is 4.74 Å². The fourth-order valence-electron chi connectivity index (χ4n) is 3.07. The predicted molar refractivity (Wildman–Crippen MR) is 103 cm³/mol. The molecule has 4 rings (SSSR count). The van der Waals surface area contributed by atoms with Gasteiger partial charge < -0.3 is 9.47 Å². The fourth-order valence-corrected chi connectivity index (χ4v) is 3.07. The van der Waals surface area contributed by atoms with Crippen LogP contribution in [-0.2, 0) is 4.74 Å². The maximum absolute atomic E-state index is 13.9. The van der Waals surface area contributed by atoms with Crippen molar-refractivity contribution in [3.63, 3.8) is 0 Å². The SMILES string of the molecule is Fc1cccc(F)c1C1=NC(c2ccc(-c3ccc(OCC(F)(F)F)nc3)cc2)CO1. The molecule has 0 saturated carbocycles. The predicted octanol–water partition coefficient (Wildman–Crippen LogP) is 5.49. The summed E-state index contributed by atoms with van der Waals surface area (Å²) in [6, 6.07) is 13.3. The van der Waals surface area contributed by atoms with E-state index in [1.165, 1.54) is 18.3 Å². The molecule has 0 saturated heterocycles. The Morgan fingerprint density at radius 2 is 1.61 bits per heavy atom. The summed E-state index contributed by atoms with van der Waals surface area (Å²) in [5.41, 5.74) is 1.96. The van der Waals surface area contributed by atoms with Crippen LogP contribution in [0.4, 0.5) is 22.0 Å². The van der Waals surface area contributed by atoms with E-state index in [0.29, 0.717) is 5.56 Å². The zero-order chi connectivity index (χ0) is 22.0. The Morgan fingerprint density at radius 1 is 0.935 bits per heavy atom. The second-order valence-electron chi connectivity index (χ2n) is 6.77. The maximum atomic E-state index is 13.9. The minimum Gasteiger partial charge on any atom is -0.475 e. The van der Waals surface area contributed by atoms with Crippen LogP contribution in [0, 0.1) is 11.6 Å². The van der Waals surface area contributed by atoms with Crippen LogP contribution in [0.25, 0.3) is 11.1 Å². The van der Waals surface area contributed by atoms with E-state index in [0.717, 1.165) is 23.3 Å². The van der Waals surface area contributed by atoms with E-state index in [2.05, 4.69) is 14.7 Å². The normalized spacial score (nSPS) is 16.0. The molecule has 2 aromatic carbocycles. The van der Waals surface area contributed by atoms with E-state index in [1.54, 1.807) is 30.3 Å². The minimum atomic E-state index is -4.43. The van der Waals surface area contributed by atoms with E-state index < -0.39 is 30.5 Å². The summed E-state index contributed by atoms with van der Waals surface area (Å²) < 4.78 is 74.5. The van der Waals surface area contributed by atoms with Gasteiger partial charge in [-0.25, -0.2) is 18.8 Å². The molecule has 3 aromatic rings. The van der Waals surface area contributed by atoms with Crippen molar-refractivity contribution in [2.45, 2.75) is 12.2 Å². The van der Waals surface area contributed by atoms with Crippen LogP contribution >= 0.6 is 0 Å². The number of rotatable bonds is 5. The molecule has 160 valence electrons.